The summed E-state index contributed by atoms with van der Waals surface area (Å²) in [5.74, 6) is -3.79. The van der Waals surface area contributed by atoms with Crippen molar-refractivity contribution in [3.8, 4) is 0 Å². The minimum atomic E-state index is -1.36. The number of amides is 4. The molecule has 2 heterocycles. The molecule has 4 saturated carbocycles. The molecule has 3 unspecified atom stereocenters. The average Bonchev–Trinajstić information content (AvgIpc) is 3.67. The van der Waals surface area contributed by atoms with E-state index in [9.17, 15) is 48.3 Å². The highest BCUT2D eigenvalue weighted by Crippen LogP contribution is 2.66. The van der Waals surface area contributed by atoms with Crippen molar-refractivity contribution in [1.29, 1.82) is 0 Å². The first-order valence-electron chi connectivity index (χ1n) is 25.9. The first-order valence-corrected chi connectivity index (χ1v) is 25.9. The quantitative estimate of drug-likeness (QED) is 0.101. The van der Waals surface area contributed by atoms with E-state index >= 15 is 0 Å². The van der Waals surface area contributed by atoms with Crippen molar-refractivity contribution >= 4 is 52.5 Å². The number of primary amides is 2. The van der Waals surface area contributed by atoms with Crippen LogP contribution in [0.4, 0.5) is 0 Å². The molecule has 0 radical (unpaired) electrons. The molecule has 14 nitrogen and oxygen atoms in total. The highest BCUT2D eigenvalue weighted by molar-refractivity contribution is 6.36. The van der Waals surface area contributed by atoms with Crippen LogP contribution in [-0.4, -0.2) is 98.7 Å². The molecule has 68 heavy (non-hydrogen) atoms. The second-order valence-corrected chi connectivity index (χ2v) is 25.2. The van der Waals surface area contributed by atoms with E-state index in [1.54, 1.807) is 23.6 Å². The van der Waals surface area contributed by atoms with Crippen LogP contribution in [0.5, 0.6) is 0 Å². The predicted molar refractivity (Wildman–Crippen MR) is 258 cm³/mol. The molecule has 0 aromatic heterocycles. The van der Waals surface area contributed by atoms with E-state index in [2.05, 4.69) is 27.7 Å². The van der Waals surface area contributed by atoms with E-state index in [-0.39, 0.29) is 95.1 Å². The number of aliphatic hydroxyl groups is 1. The van der Waals surface area contributed by atoms with Crippen LogP contribution in [0.25, 0.3) is 0 Å². The topological polar surface area (TPSA) is 232 Å². The molecule has 4 amide bonds. The van der Waals surface area contributed by atoms with Crippen molar-refractivity contribution in [2.45, 2.75) is 191 Å². The molecule has 6 rings (SSSR count). The summed E-state index contributed by atoms with van der Waals surface area (Å²) in [5.41, 5.74) is 9.80. The normalized spacial score (nSPS) is 27.9. The van der Waals surface area contributed by atoms with Crippen LogP contribution >= 0.6 is 0 Å². The lowest BCUT2D eigenvalue weighted by molar-refractivity contribution is -0.148. The molecule has 0 bridgehead atoms. The number of Topliss-reactive ketones (excluding diaryl/α,β-unsaturated/α-hetero) is 5. The maximum absolute atomic E-state index is 13.8. The third kappa shape index (κ3) is 11.8. The van der Waals surface area contributed by atoms with Crippen molar-refractivity contribution in [3.63, 3.8) is 0 Å². The van der Waals surface area contributed by atoms with Gasteiger partial charge in [0.25, 0.3) is 5.91 Å². The molecule has 0 aromatic rings. The van der Waals surface area contributed by atoms with Crippen molar-refractivity contribution in [1.82, 2.24) is 9.80 Å². The van der Waals surface area contributed by atoms with E-state index in [0.29, 0.717) is 50.6 Å². The van der Waals surface area contributed by atoms with Crippen molar-refractivity contribution in [3.05, 3.63) is 0 Å². The lowest BCUT2D eigenvalue weighted by Crippen LogP contribution is -2.51. The van der Waals surface area contributed by atoms with Gasteiger partial charge < -0.3 is 26.4 Å². The van der Waals surface area contributed by atoms with Crippen LogP contribution in [0.1, 0.15) is 173 Å². The highest BCUT2D eigenvalue weighted by atomic mass is 16.3. The van der Waals surface area contributed by atoms with Gasteiger partial charge in [0, 0.05) is 75.3 Å². The average molecular weight is 951 g/mol. The fourth-order valence-electron chi connectivity index (χ4n) is 12.5. The zero-order valence-electron chi connectivity index (χ0n) is 43.5. The number of nitrogens with two attached hydrogens (primary N) is 2. The maximum Gasteiger partial charge on any atom is 0.285 e. The Morgan fingerprint density at radius 1 is 0.603 bits per heavy atom. The molecule has 6 fully saturated rings. The summed E-state index contributed by atoms with van der Waals surface area (Å²) in [5, 5.41) is 10.5. The first-order chi connectivity index (χ1) is 31.4. The smallest absolute Gasteiger partial charge is 0.285 e. The van der Waals surface area contributed by atoms with Gasteiger partial charge in [-0.2, -0.15) is 0 Å². The molecule has 0 spiro atoms. The van der Waals surface area contributed by atoms with Crippen LogP contribution in [0.15, 0.2) is 0 Å². The number of likely N-dealkylation sites (tertiary alicyclic amines) is 2. The Morgan fingerprint density at radius 3 is 1.31 bits per heavy atom. The number of rotatable bonds is 22. The van der Waals surface area contributed by atoms with Gasteiger partial charge in [0.1, 0.15) is 17.7 Å². The number of ketones is 5. The Bertz CT molecular complexity index is 1970. The van der Waals surface area contributed by atoms with Gasteiger partial charge in [-0.05, 0) is 70.0 Å². The molecule has 11 atom stereocenters. The molecule has 2 aliphatic heterocycles. The Hall–Kier alpha value is -3.81. The monoisotopic (exact) mass is 951 g/mol. The van der Waals surface area contributed by atoms with Gasteiger partial charge >= 0.3 is 0 Å². The minimum absolute atomic E-state index is 0.0284. The summed E-state index contributed by atoms with van der Waals surface area (Å²) < 4.78 is 0. The summed E-state index contributed by atoms with van der Waals surface area (Å²) in [4.78, 5) is 119. The lowest BCUT2D eigenvalue weighted by Gasteiger charge is -2.38. The molecule has 6 aliphatic rings. The first kappa shape index (κ1) is 55.1. The van der Waals surface area contributed by atoms with Crippen LogP contribution in [0.2, 0.25) is 0 Å². The number of piperidine rings is 2. The van der Waals surface area contributed by atoms with Crippen LogP contribution in [0, 0.1) is 80.8 Å². The second-order valence-electron chi connectivity index (χ2n) is 25.2. The van der Waals surface area contributed by atoms with Gasteiger partial charge in [0.05, 0.1) is 12.1 Å². The zero-order chi connectivity index (χ0) is 51.2. The van der Waals surface area contributed by atoms with E-state index in [1.165, 1.54) is 0 Å². The largest absolute Gasteiger partial charge is 0.383 e. The van der Waals surface area contributed by atoms with Gasteiger partial charge in [-0.1, -0.05) is 122 Å². The SMILES string of the molecule is CCC(=O)C[C@H](C(=O)N1C[C@H]2[C@@H]([C@H]1C(=O)CC(CC1CCC1)C(=O)C(N)=O)C2(C)C)C(C)(C)C.CCC(=O)C[C@H](C(=O)N1C[C@H]2[C@@H]([C@H]1C(=O)CC(CC1CCC1)C(O)C(N)=O)C2(C)C)C(C)(C)C. The van der Waals surface area contributed by atoms with Gasteiger partial charge in [-0.25, -0.2) is 0 Å². The number of hydrogen-bond acceptors (Lipinski definition) is 10. The summed E-state index contributed by atoms with van der Waals surface area (Å²) >= 11 is 0. The number of carbonyl (C=O) groups is 9. The predicted octanol–water partition coefficient (Wildman–Crippen LogP) is 6.43. The molecule has 4 aliphatic carbocycles. The number of aliphatic hydroxyl groups excluding tert-OH is 1. The zero-order valence-corrected chi connectivity index (χ0v) is 43.5. The fourth-order valence-corrected chi connectivity index (χ4v) is 12.5. The molecule has 382 valence electrons. The summed E-state index contributed by atoms with van der Waals surface area (Å²) in [6, 6.07) is -1.18. The van der Waals surface area contributed by atoms with Gasteiger partial charge in [0.2, 0.25) is 23.5 Å². The molecular weight excluding hydrogens is 865 g/mol. The van der Waals surface area contributed by atoms with Gasteiger partial charge in [-0.3, -0.25) is 43.2 Å². The lowest BCUT2D eigenvalue weighted by atomic mass is 9.75. The number of nitrogens with zero attached hydrogens (tertiary/aromatic N) is 2. The number of hydrogen-bond donors (Lipinski definition) is 3. The Kier molecular flexibility index (Phi) is 16.9. The standard InChI is InChI=1S/C27H44N2O5.C27H42N2O5/c2*1-7-17(30)13-18(26(2,3)4)25(34)29-14-19-21(27(19,5)6)22(29)20(31)12-16(23(32)24(28)33)11-15-9-8-10-15/h15-16,18-19,21-23,32H,7-14H2,1-6H3,(H2,28,33);15-16,18-19,21-22H,7-14H2,1-6H3,(H2,28,33)/t16?,18-,19+,21+,22-,23?;16?,18-,19+,21+,22-/m11/s1. The van der Waals surface area contributed by atoms with Gasteiger partial charge in [0.15, 0.2) is 11.6 Å². The number of fused-ring (bicyclic) bond motifs is 2. The summed E-state index contributed by atoms with van der Waals surface area (Å²) in [6.07, 6.45) is 7.15. The van der Waals surface area contributed by atoms with Crippen molar-refractivity contribution in [2.75, 3.05) is 13.1 Å². The maximum atomic E-state index is 13.8. The Balaban J connectivity index is 0.000000254. The molecule has 14 heteroatoms. The van der Waals surface area contributed by atoms with Crippen LogP contribution in [-0.2, 0) is 43.2 Å². The van der Waals surface area contributed by atoms with E-state index in [1.807, 2.05) is 41.5 Å². The minimum Gasteiger partial charge on any atom is -0.383 e. The molecular formula is C54H86N4O10. The third-order valence-electron chi connectivity index (χ3n) is 17.9. The molecule has 5 N–H and O–H groups in total. The molecule has 0 aromatic carbocycles. The van der Waals surface area contributed by atoms with E-state index in [0.717, 1.165) is 38.5 Å². The molecule has 2 saturated heterocycles. The Morgan fingerprint density at radius 2 is 0.985 bits per heavy atom. The Labute approximate surface area is 405 Å². The van der Waals surface area contributed by atoms with Crippen molar-refractivity contribution in [2.24, 2.45) is 92.3 Å². The van der Waals surface area contributed by atoms with E-state index < -0.39 is 70.3 Å². The van der Waals surface area contributed by atoms with Gasteiger partial charge in [-0.15, -0.1) is 0 Å². The fraction of sp³-hybridized carbons (Fsp3) is 0.833. The number of carbonyl (C=O) groups excluding carboxylic acids is 9. The van der Waals surface area contributed by atoms with Crippen molar-refractivity contribution < 1.29 is 48.3 Å². The van der Waals surface area contributed by atoms with E-state index in [4.69, 9.17) is 11.5 Å². The van der Waals surface area contributed by atoms with Crippen LogP contribution < -0.4 is 11.5 Å². The summed E-state index contributed by atoms with van der Waals surface area (Å²) in [6.45, 7) is 24.9. The third-order valence-corrected chi connectivity index (χ3v) is 17.9. The highest BCUT2D eigenvalue weighted by Gasteiger charge is 2.70. The van der Waals surface area contributed by atoms with Crippen LogP contribution in [0.3, 0.4) is 0 Å². The summed E-state index contributed by atoms with van der Waals surface area (Å²) in [7, 11) is 0. The second kappa shape index (κ2) is 20.9.